The highest BCUT2D eigenvalue weighted by Gasteiger charge is 2.65. The van der Waals surface area contributed by atoms with Gasteiger partial charge in [-0.05, 0) is 56.5 Å². The second-order valence-corrected chi connectivity index (χ2v) is 8.01. The van der Waals surface area contributed by atoms with Gasteiger partial charge in [-0.15, -0.1) is 0 Å². The predicted octanol–water partition coefficient (Wildman–Crippen LogP) is 2.96. The van der Waals surface area contributed by atoms with E-state index in [9.17, 15) is 18.0 Å². The largest absolute Gasteiger partial charge is 0.493 e. The molecule has 5 nitrogen and oxygen atoms in total. The van der Waals surface area contributed by atoms with E-state index in [1.165, 1.54) is 0 Å². The van der Waals surface area contributed by atoms with Crippen molar-refractivity contribution in [2.75, 3.05) is 20.7 Å². The fraction of sp³-hybridized carbons (Fsp3) is 0.550. The van der Waals surface area contributed by atoms with Crippen molar-refractivity contribution < 1.29 is 32.2 Å². The number of piperidine rings is 1. The van der Waals surface area contributed by atoms with Crippen molar-refractivity contribution in [2.45, 2.75) is 43.0 Å². The maximum atomic E-state index is 12.8. The van der Waals surface area contributed by atoms with Gasteiger partial charge in [0.05, 0.1) is 7.11 Å². The van der Waals surface area contributed by atoms with E-state index in [-0.39, 0.29) is 17.7 Å². The van der Waals surface area contributed by atoms with Crippen molar-refractivity contribution in [3.63, 3.8) is 0 Å². The van der Waals surface area contributed by atoms with E-state index in [2.05, 4.69) is 11.9 Å². The van der Waals surface area contributed by atoms with Crippen LogP contribution < -0.4 is 9.47 Å². The molecule has 4 atom stereocenters. The first kappa shape index (κ1) is 17.8. The van der Waals surface area contributed by atoms with Crippen molar-refractivity contribution >= 4 is 5.97 Å². The van der Waals surface area contributed by atoms with Crippen LogP contribution in [0, 0.1) is 5.92 Å². The Kier molecular flexibility index (Phi) is 3.60. The molecule has 0 N–H and O–H groups in total. The van der Waals surface area contributed by atoms with Gasteiger partial charge in [0.25, 0.3) is 0 Å². The monoisotopic (exact) mass is 395 g/mol. The number of alkyl halides is 3. The minimum absolute atomic E-state index is 0.0343. The molecule has 1 spiro atoms. The standard InChI is InChI=1S/C20H20F3NO4/c1-24-8-7-19-11-4-6-14(27-18(25)20(21,22)23)17(19)28-16-13(26-2)5-3-10(15(16)19)9-12(11)24/h3,5-6,11-12,17H,4,7-9H2,1-2H3/t11?,12-,17+,19+/m1/s1. The number of carbonyl (C=O) groups is 1. The predicted molar refractivity (Wildman–Crippen MR) is 92.2 cm³/mol. The van der Waals surface area contributed by atoms with E-state index in [1.807, 2.05) is 12.1 Å². The molecule has 4 aliphatic rings. The summed E-state index contributed by atoms with van der Waals surface area (Å²) in [5.41, 5.74) is 1.67. The fourth-order valence-corrected chi connectivity index (χ4v) is 5.73. The number of rotatable bonds is 2. The number of benzene rings is 1. The Hall–Kier alpha value is -2.22. The maximum Gasteiger partial charge on any atom is 0.491 e. The number of carbonyl (C=O) groups excluding carboxylic acids is 1. The van der Waals surface area contributed by atoms with Crippen molar-refractivity contribution in [3.05, 3.63) is 35.1 Å². The van der Waals surface area contributed by atoms with E-state index in [1.54, 1.807) is 13.2 Å². The zero-order valence-electron chi connectivity index (χ0n) is 15.5. The molecule has 5 rings (SSSR count). The van der Waals surface area contributed by atoms with Gasteiger partial charge in [-0.25, -0.2) is 4.79 Å². The topological polar surface area (TPSA) is 48.0 Å². The molecule has 1 unspecified atom stereocenters. The van der Waals surface area contributed by atoms with Crippen LogP contribution in [-0.2, 0) is 21.4 Å². The summed E-state index contributed by atoms with van der Waals surface area (Å²) >= 11 is 0. The Bertz CT molecular complexity index is 896. The average molecular weight is 395 g/mol. The Morgan fingerprint density at radius 2 is 2.14 bits per heavy atom. The minimum atomic E-state index is -5.05. The highest BCUT2D eigenvalue weighted by molar-refractivity contribution is 5.77. The molecular weight excluding hydrogens is 375 g/mol. The number of hydrogen-bond acceptors (Lipinski definition) is 5. The first-order valence-electron chi connectivity index (χ1n) is 9.33. The molecule has 0 aromatic heterocycles. The minimum Gasteiger partial charge on any atom is -0.493 e. The molecule has 2 aliphatic heterocycles. The van der Waals surface area contributed by atoms with E-state index in [0.717, 1.165) is 30.5 Å². The summed E-state index contributed by atoms with van der Waals surface area (Å²) in [5.74, 6) is -0.923. The summed E-state index contributed by atoms with van der Waals surface area (Å²) in [6, 6.07) is 4.12. The van der Waals surface area contributed by atoms with Crippen LogP contribution in [0.25, 0.3) is 0 Å². The normalized spacial score (nSPS) is 32.9. The molecule has 0 saturated carbocycles. The van der Waals surface area contributed by atoms with Gasteiger partial charge >= 0.3 is 12.1 Å². The lowest BCUT2D eigenvalue weighted by molar-refractivity contribution is -0.197. The quantitative estimate of drug-likeness (QED) is 0.721. The Balaban J connectivity index is 1.65. The summed E-state index contributed by atoms with van der Waals surface area (Å²) < 4.78 is 54.9. The van der Waals surface area contributed by atoms with Crippen LogP contribution in [0.3, 0.4) is 0 Å². The summed E-state index contributed by atoms with van der Waals surface area (Å²) in [6.07, 6.45) is -2.07. The van der Waals surface area contributed by atoms with Crippen LogP contribution >= 0.6 is 0 Å². The first-order valence-corrected chi connectivity index (χ1v) is 9.33. The molecule has 8 heteroatoms. The van der Waals surface area contributed by atoms with Crippen LogP contribution in [0.2, 0.25) is 0 Å². The lowest BCUT2D eigenvalue weighted by atomic mass is 9.53. The van der Waals surface area contributed by atoms with Crippen molar-refractivity contribution in [1.29, 1.82) is 0 Å². The van der Waals surface area contributed by atoms with Gasteiger partial charge in [-0.2, -0.15) is 13.2 Å². The Morgan fingerprint density at radius 3 is 2.86 bits per heavy atom. The number of esters is 1. The van der Waals surface area contributed by atoms with E-state index >= 15 is 0 Å². The average Bonchev–Trinajstić information content (AvgIpc) is 3.00. The van der Waals surface area contributed by atoms with Crippen LogP contribution in [-0.4, -0.2) is 49.9 Å². The molecule has 28 heavy (non-hydrogen) atoms. The number of nitrogens with zero attached hydrogens (tertiary/aromatic N) is 1. The van der Waals surface area contributed by atoms with E-state index < -0.39 is 23.7 Å². The van der Waals surface area contributed by atoms with Gasteiger partial charge in [-0.3, -0.25) is 0 Å². The number of hydrogen-bond donors (Lipinski definition) is 0. The van der Waals surface area contributed by atoms with Gasteiger partial charge in [-0.1, -0.05) is 6.07 Å². The third-order valence-electron chi connectivity index (χ3n) is 6.87. The summed E-state index contributed by atoms with van der Waals surface area (Å²) in [6.45, 7) is 0.803. The molecule has 0 radical (unpaired) electrons. The lowest BCUT2D eigenvalue weighted by Gasteiger charge is -2.56. The highest BCUT2D eigenvalue weighted by Crippen LogP contribution is 2.63. The van der Waals surface area contributed by atoms with Gasteiger partial charge in [0.2, 0.25) is 0 Å². The fourth-order valence-electron chi connectivity index (χ4n) is 5.73. The summed E-state index contributed by atoms with van der Waals surface area (Å²) in [5, 5.41) is 0. The molecule has 1 saturated heterocycles. The van der Waals surface area contributed by atoms with Gasteiger partial charge < -0.3 is 19.1 Å². The Morgan fingerprint density at radius 1 is 1.36 bits per heavy atom. The molecule has 0 amide bonds. The zero-order valence-corrected chi connectivity index (χ0v) is 15.5. The highest BCUT2D eigenvalue weighted by atomic mass is 19.4. The third-order valence-corrected chi connectivity index (χ3v) is 6.87. The van der Waals surface area contributed by atoms with E-state index in [0.29, 0.717) is 17.9 Å². The smallest absolute Gasteiger partial charge is 0.491 e. The van der Waals surface area contributed by atoms with Crippen LogP contribution in [0.5, 0.6) is 11.5 Å². The number of likely N-dealkylation sites (tertiary alicyclic amines) is 1. The SMILES string of the molecule is COc1ccc2c3c1O[C@H]1C(OC(=O)C(F)(F)F)=CCC4[C@@H](C2)N(C)CC[C@@]341. The molecule has 1 fully saturated rings. The first-order chi connectivity index (χ1) is 13.3. The second kappa shape index (κ2) is 5.65. The van der Waals surface area contributed by atoms with Crippen molar-refractivity contribution in [1.82, 2.24) is 4.90 Å². The molecule has 150 valence electrons. The lowest BCUT2D eigenvalue weighted by Crippen LogP contribution is -2.63. The molecule has 2 heterocycles. The van der Waals surface area contributed by atoms with Crippen molar-refractivity contribution in [2.24, 2.45) is 5.92 Å². The van der Waals surface area contributed by atoms with Gasteiger partial charge in [0, 0.05) is 17.0 Å². The van der Waals surface area contributed by atoms with Crippen molar-refractivity contribution in [3.8, 4) is 11.5 Å². The number of likely N-dealkylation sites (N-methyl/N-ethyl adjacent to an activating group) is 1. The number of ether oxygens (including phenoxy) is 3. The Labute approximate surface area is 160 Å². The molecule has 1 aromatic rings. The molecule has 2 bridgehead atoms. The van der Waals surface area contributed by atoms with Gasteiger partial charge in [0.15, 0.2) is 17.6 Å². The molecular formula is C20H20F3NO4. The summed E-state index contributed by atoms with van der Waals surface area (Å²) in [7, 11) is 3.63. The maximum absolute atomic E-state index is 12.8. The number of halogens is 3. The molecule has 2 aliphatic carbocycles. The molecule has 1 aromatic carbocycles. The third kappa shape index (κ3) is 2.15. The second-order valence-electron chi connectivity index (χ2n) is 8.01. The zero-order chi connectivity index (χ0) is 19.8. The number of methoxy groups -OCH3 is 1. The van der Waals surface area contributed by atoms with Crippen LogP contribution in [0.15, 0.2) is 24.0 Å². The summed E-state index contributed by atoms with van der Waals surface area (Å²) in [4.78, 5) is 13.8. The van der Waals surface area contributed by atoms with Gasteiger partial charge in [0.1, 0.15) is 5.76 Å². The van der Waals surface area contributed by atoms with E-state index in [4.69, 9.17) is 14.2 Å². The van der Waals surface area contributed by atoms with Crippen LogP contribution in [0.1, 0.15) is 24.0 Å². The van der Waals surface area contributed by atoms with Crippen LogP contribution in [0.4, 0.5) is 13.2 Å². The number of allylic oxidation sites excluding steroid dienone is 1.